The number of hydrogen-bond acceptors (Lipinski definition) is 3. The minimum absolute atomic E-state index is 0.0829. The highest BCUT2D eigenvalue weighted by atomic mass is 16.5. The summed E-state index contributed by atoms with van der Waals surface area (Å²) < 4.78 is 11.0. The standard InChI is InChI=1S/C20H25NO3/c1-13-10-11-17(12-14(13)2)15(3)21-20(22)16(4)24-19-9-7-6-8-18(19)23-5/h6-12,15-16H,1-5H3,(H,21,22)/t15-,16-/m0/s1. The monoisotopic (exact) mass is 327 g/mol. The molecule has 0 fully saturated rings. The van der Waals surface area contributed by atoms with Crippen LogP contribution in [0, 0.1) is 13.8 Å². The van der Waals surface area contributed by atoms with Crippen LogP contribution in [0.1, 0.15) is 36.6 Å². The van der Waals surface area contributed by atoms with Gasteiger partial charge in [0.25, 0.3) is 5.91 Å². The number of amides is 1. The average molecular weight is 327 g/mol. The smallest absolute Gasteiger partial charge is 0.261 e. The maximum Gasteiger partial charge on any atom is 0.261 e. The van der Waals surface area contributed by atoms with Gasteiger partial charge in [-0.3, -0.25) is 4.79 Å². The van der Waals surface area contributed by atoms with Crippen LogP contribution in [0.4, 0.5) is 0 Å². The molecule has 2 atom stereocenters. The number of methoxy groups -OCH3 is 1. The fourth-order valence-electron chi connectivity index (χ4n) is 2.41. The second-order valence-electron chi connectivity index (χ2n) is 5.98. The van der Waals surface area contributed by atoms with Gasteiger partial charge in [-0.05, 0) is 56.5 Å². The Balaban J connectivity index is 2.01. The molecule has 4 nitrogen and oxygen atoms in total. The van der Waals surface area contributed by atoms with E-state index in [0.29, 0.717) is 11.5 Å². The topological polar surface area (TPSA) is 47.6 Å². The van der Waals surface area contributed by atoms with Crippen LogP contribution in [0.15, 0.2) is 42.5 Å². The summed E-state index contributed by atoms with van der Waals surface area (Å²) in [6.07, 6.45) is -0.615. The van der Waals surface area contributed by atoms with Crippen molar-refractivity contribution < 1.29 is 14.3 Å². The summed E-state index contributed by atoms with van der Waals surface area (Å²) >= 11 is 0. The molecule has 2 rings (SSSR count). The Labute approximate surface area is 143 Å². The van der Waals surface area contributed by atoms with E-state index >= 15 is 0 Å². The van der Waals surface area contributed by atoms with Gasteiger partial charge in [0.1, 0.15) is 0 Å². The summed E-state index contributed by atoms with van der Waals surface area (Å²) in [5.41, 5.74) is 3.54. The first-order valence-corrected chi connectivity index (χ1v) is 8.09. The lowest BCUT2D eigenvalue weighted by Crippen LogP contribution is -2.37. The number of rotatable bonds is 6. The van der Waals surface area contributed by atoms with Gasteiger partial charge in [-0.1, -0.05) is 30.3 Å². The Kier molecular flexibility index (Phi) is 5.85. The van der Waals surface area contributed by atoms with Crippen molar-refractivity contribution >= 4 is 5.91 Å². The van der Waals surface area contributed by atoms with Gasteiger partial charge in [0, 0.05) is 0 Å². The second-order valence-corrected chi connectivity index (χ2v) is 5.98. The lowest BCUT2D eigenvalue weighted by atomic mass is 10.0. The van der Waals surface area contributed by atoms with Crippen molar-refractivity contribution in [2.45, 2.75) is 39.8 Å². The van der Waals surface area contributed by atoms with Gasteiger partial charge in [-0.2, -0.15) is 0 Å². The third-order valence-corrected chi connectivity index (χ3v) is 4.13. The fourth-order valence-corrected chi connectivity index (χ4v) is 2.41. The van der Waals surface area contributed by atoms with Gasteiger partial charge in [0.05, 0.1) is 13.2 Å². The Hall–Kier alpha value is -2.49. The van der Waals surface area contributed by atoms with E-state index in [1.165, 1.54) is 11.1 Å². The van der Waals surface area contributed by atoms with E-state index < -0.39 is 6.10 Å². The van der Waals surface area contributed by atoms with Gasteiger partial charge in [0.2, 0.25) is 0 Å². The Morgan fingerprint density at radius 2 is 1.67 bits per heavy atom. The summed E-state index contributed by atoms with van der Waals surface area (Å²) in [6, 6.07) is 13.4. The molecule has 1 amide bonds. The SMILES string of the molecule is COc1ccccc1O[C@@H](C)C(=O)N[C@@H](C)c1ccc(C)c(C)c1. The van der Waals surface area contributed by atoms with Crippen molar-refractivity contribution in [3.63, 3.8) is 0 Å². The Bertz CT molecular complexity index is 712. The number of aryl methyl sites for hydroxylation is 2. The molecule has 0 aromatic heterocycles. The normalized spacial score (nSPS) is 13.0. The third kappa shape index (κ3) is 4.28. The van der Waals surface area contributed by atoms with Gasteiger partial charge in [0.15, 0.2) is 17.6 Å². The quantitative estimate of drug-likeness (QED) is 0.874. The van der Waals surface area contributed by atoms with E-state index in [1.54, 1.807) is 26.2 Å². The number of hydrogen-bond donors (Lipinski definition) is 1. The predicted molar refractivity (Wildman–Crippen MR) is 95.6 cm³/mol. The molecule has 0 aliphatic carbocycles. The zero-order chi connectivity index (χ0) is 17.7. The van der Waals surface area contributed by atoms with Crippen molar-refractivity contribution in [2.75, 3.05) is 7.11 Å². The molecule has 0 heterocycles. The molecule has 0 saturated heterocycles. The maximum absolute atomic E-state index is 12.4. The third-order valence-electron chi connectivity index (χ3n) is 4.13. The average Bonchev–Trinajstić information content (AvgIpc) is 2.57. The molecular weight excluding hydrogens is 302 g/mol. The molecule has 0 aliphatic heterocycles. The maximum atomic E-state index is 12.4. The number of carbonyl (C=O) groups is 1. The van der Waals surface area contributed by atoms with Crippen LogP contribution < -0.4 is 14.8 Å². The highest BCUT2D eigenvalue weighted by Gasteiger charge is 2.19. The van der Waals surface area contributed by atoms with Gasteiger partial charge in [-0.15, -0.1) is 0 Å². The van der Waals surface area contributed by atoms with Crippen molar-refractivity contribution in [1.82, 2.24) is 5.32 Å². The molecule has 24 heavy (non-hydrogen) atoms. The summed E-state index contributed by atoms with van der Waals surface area (Å²) in [6.45, 7) is 7.85. The van der Waals surface area contributed by atoms with Crippen molar-refractivity contribution in [1.29, 1.82) is 0 Å². The first kappa shape index (κ1) is 17.9. The largest absolute Gasteiger partial charge is 0.493 e. The molecular formula is C20H25NO3. The second kappa shape index (κ2) is 7.86. The molecule has 0 saturated carbocycles. The lowest BCUT2D eigenvalue weighted by molar-refractivity contribution is -0.127. The molecule has 0 spiro atoms. The summed E-state index contributed by atoms with van der Waals surface area (Å²) in [4.78, 5) is 12.4. The first-order valence-electron chi connectivity index (χ1n) is 8.09. The van der Waals surface area contributed by atoms with Crippen molar-refractivity contribution in [3.05, 3.63) is 59.2 Å². The van der Waals surface area contributed by atoms with Crippen LogP contribution in [0.5, 0.6) is 11.5 Å². The van der Waals surface area contributed by atoms with E-state index in [2.05, 4.69) is 31.3 Å². The van der Waals surface area contributed by atoms with E-state index in [-0.39, 0.29) is 11.9 Å². The van der Waals surface area contributed by atoms with E-state index in [0.717, 1.165) is 5.56 Å². The number of benzene rings is 2. The van der Waals surface area contributed by atoms with Gasteiger partial charge in [-0.25, -0.2) is 0 Å². The van der Waals surface area contributed by atoms with Crippen LogP contribution in [0.3, 0.4) is 0 Å². The zero-order valence-electron chi connectivity index (χ0n) is 14.9. The van der Waals surface area contributed by atoms with E-state index in [4.69, 9.17) is 9.47 Å². The summed E-state index contributed by atoms with van der Waals surface area (Å²) in [7, 11) is 1.58. The Morgan fingerprint density at radius 1 is 1.00 bits per heavy atom. The molecule has 0 aliphatic rings. The predicted octanol–water partition coefficient (Wildman–Crippen LogP) is 3.96. The van der Waals surface area contributed by atoms with Crippen LogP contribution >= 0.6 is 0 Å². The Morgan fingerprint density at radius 3 is 2.29 bits per heavy atom. The fraction of sp³-hybridized carbons (Fsp3) is 0.350. The zero-order valence-corrected chi connectivity index (χ0v) is 14.9. The number of carbonyl (C=O) groups excluding carboxylic acids is 1. The highest BCUT2D eigenvalue weighted by molar-refractivity contribution is 5.81. The molecule has 1 N–H and O–H groups in total. The summed E-state index contributed by atoms with van der Waals surface area (Å²) in [5.74, 6) is 1.01. The van der Waals surface area contributed by atoms with E-state index in [9.17, 15) is 4.79 Å². The lowest BCUT2D eigenvalue weighted by Gasteiger charge is -2.20. The minimum atomic E-state index is -0.615. The van der Waals surface area contributed by atoms with Crippen LogP contribution in [-0.4, -0.2) is 19.1 Å². The number of nitrogens with one attached hydrogen (secondary N) is 1. The first-order chi connectivity index (χ1) is 11.4. The van der Waals surface area contributed by atoms with Crippen LogP contribution in [0.2, 0.25) is 0 Å². The van der Waals surface area contributed by atoms with E-state index in [1.807, 2.05) is 25.1 Å². The molecule has 2 aromatic rings. The van der Waals surface area contributed by atoms with Crippen LogP contribution in [-0.2, 0) is 4.79 Å². The molecule has 0 unspecified atom stereocenters. The summed E-state index contributed by atoms with van der Waals surface area (Å²) in [5, 5.41) is 3.00. The van der Waals surface area contributed by atoms with Gasteiger partial charge < -0.3 is 14.8 Å². The number of para-hydroxylation sites is 2. The van der Waals surface area contributed by atoms with Gasteiger partial charge >= 0.3 is 0 Å². The minimum Gasteiger partial charge on any atom is -0.493 e. The molecule has 0 radical (unpaired) electrons. The van der Waals surface area contributed by atoms with Crippen LogP contribution in [0.25, 0.3) is 0 Å². The number of ether oxygens (including phenoxy) is 2. The molecule has 4 heteroatoms. The molecule has 128 valence electrons. The highest BCUT2D eigenvalue weighted by Crippen LogP contribution is 2.27. The van der Waals surface area contributed by atoms with Crippen molar-refractivity contribution in [3.8, 4) is 11.5 Å². The molecule has 2 aromatic carbocycles. The van der Waals surface area contributed by atoms with Crippen molar-refractivity contribution in [2.24, 2.45) is 0 Å². The molecule has 0 bridgehead atoms.